The van der Waals surface area contributed by atoms with Crippen LogP contribution >= 0.6 is 0 Å². The first-order chi connectivity index (χ1) is 18.0. The first-order valence-corrected chi connectivity index (χ1v) is 13.0. The molecule has 0 unspecified atom stereocenters. The lowest BCUT2D eigenvalue weighted by atomic mass is 10.0. The van der Waals surface area contributed by atoms with Crippen LogP contribution in [-0.2, 0) is 17.6 Å². The Labute approximate surface area is 218 Å². The number of nitrogens with zero attached hydrogens (tertiary/aromatic N) is 5. The van der Waals surface area contributed by atoms with Crippen molar-refractivity contribution < 1.29 is 14.3 Å². The lowest BCUT2D eigenvalue weighted by molar-refractivity contribution is -0.133. The molecular formula is C28H36N6O3. The fraction of sp³-hybridized carbons (Fsp3) is 0.464. The second-order valence-corrected chi connectivity index (χ2v) is 10.0. The van der Waals surface area contributed by atoms with Gasteiger partial charge in [-0.15, -0.1) is 0 Å². The third-order valence-corrected chi connectivity index (χ3v) is 7.22. The number of carbonyl (C=O) groups excluding carboxylic acids is 1. The molecule has 0 bridgehead atoms. The van der Waals surface area contributed by atoms with Crippen molar-refractivity contribution in [3.05, 3.63) is 65.7 Å². The van der Waals surface area contributed by atoms with Gasteiger partial charge in [-0.1, -0.05) is 30.3 Å². The van der Waals surface area contributed by atoms with Crippen LogP contribution in [0.4, 0.5) is 5.69 Å². The van der Waals surface area contributed by atoms with E-state index in [-0.39, 0.29) is 24.5 Å². The molecule has 0 radical (unpaired) electrons. The molecule has 1 aromatic heterocycles. The average molecular weight is 505 g/mol. The predicted molar refractivity (Wildman–Crippen MR) is 142 cm³/mol. The molecule has 0 aliphatic carbocycles. The summed E-state index contributed by atoms with van der Waals surface area (Å²) in [7, 11) is 3.80. The highest BCUT2D eigenvalue weighted by atomic mass is 16.5. The summed E-state index contributed by atoms with van der Waals surface area (Å²) in [6.45, 7) is 5.90. The third kappa shape index (κ3) is 6.05. The smallest absolute Gasteiger partial charge is 0.230 e. The van der Waals surface area contributed by atoms with E-state index in [2.05, 4.69) is 56.3 Å². The number of benzene rings is 2. The van der Waals surface area contributed by atoms with E-state index in [4.69, 9.17) is 9.47 Å². The van der Waals surface area contributed by atoms with Crippen LogP contribution in [0.3, 0.4) is 0 Å². The minimum atomic E-state index is 0.0265. The van der Waals surface area contributed by atoms with Crippen LogP contribution in [0.5, 0.6) is 11.5 Å². The van der Waals surface area contributed by atoms with Crippen LogP contribution in [0.25, 0.3) is 0 Å². The van der Waals surface area contributed by atoms with Gasteiger partial charge in [0, 0.05) is 44.5 Å². The molecule has 2 aliphatic rings. The molecule has 0 saturated carbocycles. The van der Waals surface area contributed by atoms with E-state index in [0.29, 0.717) is 12.4 Å². The van der Waals surface area contributed by atoms with Crippen molar-refractivity contribution in [1.29, 1.82) is 0 Å². The molecule has 9 nitrogen and oxygen atoms in total. The lowest BCUT2D eigenvalue weighted by Gasteiger charge is -2.42. The number of amides is 1. The molecule has 1 amide bonds. The Kier molecular flexibility index (Phi) is 7.60. The number of hydrogen-bond donors (Lipinski definition) is 1. The maximum absolute atomic E-state index is 13.4. The van der Waals surface area contributed by atoms with Gasteiger partial charge >= 0.3 is 0 Å². The van der Waals surface area contributed by atoms with Crippen LogP contribution in [0.1, 0.15) is 23.6 Å². The second kappa shape index (κ2) is 11.2. The number of likely N-dealkylation sites (N-methyl/N-ethyl adjacent to an activating group) is 1. The summed E-state index contributed by atoms with van der Waals surface area (Å²) in [5, 5.41) is 7.01. The number of anilines is 1. The molecular weight excluding hydrogens is 468 g/mol. The summed E-state index contributed by atoms with van der Waals surface area (Å²) < 4.78 is 12.0. The molecule has 1 N–H and O–H groups in total. The highest BCUT2D eigenvalue weighted by Crippen LogP contribution is 2.34. The zero-order chi connectivity index (χ0) is 25.8. The van der Waals surface area contributed by atoms with Crippen LogP contribution in [0, 0.1) is 6.92 Å². The van der Waals surface area contributed by atoms with E-state index >= 15 is 0 Å². The minimum absolute atomic E-state index is 0.0265. The standard InChI is InChI=1S/C28H36N6O3/c1-20-29-27(31-30-20)17-28(35)34-14-13-33(18-23(34)15-21-7-5-4-6-8-21)22-9-10-25(36-3)26(16-22)37-24-11-12-32(2)19-24/h4-10,16,23-24H,11-15,17-19H2,1-3H3,(H,29,30,31)/t23-,24-/m0/s1. The van der Waals surface area contributed by atoms with Gasteiger partial charge in [0.05, 0.1) is 19.6 Å². The SMILES string of the molecule is COc1ccc(N2CCN(C(=O)Cc3n[nH]c(C)n3)[C@@H](Cc3ccccc3)C2)cc1O[C@H]1CCN(C)C1. The Balaban J connectivity index is 1.35. The van der Waals surface area contributed by atoms with Gasteiger partial charge < -0.3 is 24.2 Å². The van der Waals surface area contributed by atoms with Crippen molar-refractivity contribution in [2.45, 2.75) is 38.3 Å². The van der Waals surface area contributed by atoms with Crippen molar-refractivity contribution in [1.82, 2.24) is 25.0 Å². The van der Waals surface area contributed by atoms with Gasteiger partial charge in [-0.05, 0) is 44.5 Å². The zero-order valence-corrected chi connectivity index (χ0v) is 21.9. The van der Waals surface area contributed by atoms with Crippen LogP contribution in [0.2, 0.25) is 0 Å². The number of aryl methyl sites for hydroxylation is 1. The Morgan fingerprint density at radius 1 is 1.08 bits per heavy atom. The number of rotatable bonds is 8. The van der Waals surface area contributed by atoms with E-state index in [0.717, 1.165) is 62.0 Å². The van der Waals surface area contributed by atoms with E-state index in [1.807, 2.05) is 36.1 Å². The van der Waals surface area contributed by atoms with Gasteiger partial charge in [-0.2, -0.15) is 5.10 Å². The lowest BCUT2D eigenvalue weighted by Crippen LogP contribution is -2.56. The Morgan fingerprint density at radius 2 is 1.92 bits per heavy atom. The van der Waals surface area contributed by atoms with Gasteiger partial charge in [0.15, 0.2) is 17.3 Å². The van der Waals surface area contributed by atoms with Crippen LogP contribution in [-0.4, -0.2) is 89.9 Å². The molecule has 3 heterocycles. The van der Waals surface area contributed by atoms with Gasteiger partial charge in [0.1, 0.15) is 11.9 Å². The van der Waals surface area contributed by atoms with E-state index in [1.54, 1.807) is 7.11 Å². The van der Waals surface area contributed by atoms with Gasteiger partial charge in [0.2, 0.25) is 5.91 Å². The van der Waals surface area contributed by atoms with E-state index in [9.17, 15) is 4.79 Å². The molecule has 0 spiro atoms. The molecule has 3 aromatic rings. The molecule has 2 aliphatic heterocycles. The summed E-state index contributed by atoms with van der Waals surface area (Å²) in [6.07, 6.45) is 2.15. The maximum atomic E-state index is 13.4. The largest absolute Gasteiger partial charge is 0.493 e. The first-order valence-electron chi connectivity index (χ1n) is 13.0. The summed E-state index contributed by atoms with van der Waals surface area (Å²) >= 11 is 0. The normalized spacial score (nSPS) is 20.3. The number of nitrogens with one attached hydrogen (secondary N) is 1. The number of piperazine rings is 1. The monoisotopic (exact) mass is 504 g/mol. The molecule has 9 heteroatoms. The topological polar surface area (TPSA) is 86.8 Å². The Morgan fingerprint density at radius 3 is 2.62 bits per heavy atom. The highest BCUT2D eigenvalue weighted by molar-refractivity contribution is 5.78. The fourth-order valence-electron chi connectivity index (χ4n) is 5.31. The molecule has 2 fully saturated rings. The number of carbonyl (C=O) groups is 1. The Bertz CT molecular complexity index is 1200. The quantitative estimate of drug-likeness (QED) is 0.505. The summed E-state index contributed by atoms with van der Waals surface area (Å²) in [5.74, 6) is 2.84. The number of likely N-dealkylation sites (tertiary alicyclic amines) is 1. The van der Waals surface area contributed by atoms with Gasteiger partial charge in [-0.25, -0.2) is 4.98 Å². The zero-order valence-electron chi connectivity index (χ0n) is 21.9. The van der Waals surface area contributed by atoms with Crippen molar-refractivity contribution in [2.75, 3.05) is 51.8 Å². The van der Waals surface area contributed by atoms with Crippen LogP contribution < -0.4 is 14.4 Å². The van der Waals surface area contributed by atoms with Crippen molar-refractivity contribution in [3.63, 3.8) is 0 Å². The molecule has 5 rings (SSSR count). The number of aromatic nitrogens is 3. The van der Waals surface area contributed by atoms with Crippen LogP contribution in [0.15, 0.2) is 48.5 Å². The van der Waals surface area contributed by atoms with E-state index in [1.165, 1.54) is 5.56 Å². The van der Waals surface area contributed by atoms with Gasteiger partial charge in [0.25, 0.3) is 0 Å². The molecule has 196 valence electrons. The first kappa shape index (κ1) is 25.1. The third-order valence-electron chi connectivity index (χ3n) is 7.22. The maximum Gasteiger partial charge on any atom is 0.230 e. The number of H-pyrrole nitrogens is 1. The van der Waals surface area contributed by atoms with Crippen molar-refractivity contribution in [2.24, 2.45) is 0 Å². The van der Waals surface area contributed by atoms with Crippen molar-refractivity contribution >= 4 is 11.6 Å². The highest BCUT2D eigenvalue weighted by Gasteiger charge is 2.32. The number of ether oxygens (including phenoxy) is 2. The average Bonchev–Trinajstić information content (AvgIpc) is 3.51. The van der Waals surface area contributed by atoms with Crippen molar-refractivity contribution in [3.8, 4) is 11.5 Å². The molecule has 2 aromatic carbocycles. The predicted octanol–water partition coefficient (Wildman–Crippen LogP) is 2.71. The molecule has 2 saturated heterocycles. The number of aromatic amines is 1. The number of methoxy groups -OCH3 is 1. The minimum Gasteiger partial charge on any atom is -0.493 e. The molecule has 2 atom stereocenters. The summed E-state index contributed by atoms with van der Waals surface area (Å²) in [4.78, 5) is 24.3. The van der Waals surface area contributed by atoms with E-state index < -0.39 is 0 Å². The number of hydrogen-bond acceptors (Lipinski definition) is 7. The summed E-state index contributed by atoms with van der Waals surface area (Å²) in [5.41, 5.74) is 2.29. The second-order valence-electron chi connectivity index (χ2n) is 10.0. The molecule has 37 heavy (non-hydrogen) atoms. The summed E-state index contributed by atoms with van der Waals surface area (Å²) in [6, 6.07) is 16.5. The van der Waals surface area contributed by atoms with Gasteiger partial charge in [-0.3, -0.25) is 9.89 Å². The Hall–Kier alpha value is -3.59. The fourth-order valence-corrected chi connectivity index (χ4v) is 5.31.